The number of aliphatic hydroxyl groups is 7. The van der Waals surface area contributed by atoms with Crippen molar-refractivity contribution >= 4 is 12.3 Å². The Morgan fingerprint density at radius 2 is 1.50 bits per heavy atom. The van der Waals surface area contributed by atoms with E-state index in [9.17, 15) is 45.3 Å². The Kier molecular flexibility index (Phi) is 14.9. The van der Waals surface area contributed by atoms with Gasteiger partial charge in [0.1, 0.15) is 49.0 Å². The van der Waals surface area contributed by atoms with Gasteiger partial charge in [-0.25, -0.2) is 4.79 Å². The first kappa shape index (κ1) is 50.2. The van der Waals surface area contributed by atoms with Crippen molar-refractivity contribution < 1.29 is 88.0 Å². The van der Waals surface area contributed by atoms with Crippen LogP contribution in [0.5, 0.6) is 0 Å². The van der Waals surface area contributed by atoms with Crippen molar-refractivity contribution in [2.24, 2.45) is 34.5 Å². The minimum Gasteiger partial charge on any atom is -0.453 e. The number of allylic oxidation sites excluding steroid dienone is 1. The Balaban J connectivity index is 1.01. The smallest absolute Gasteiger partial charge is 0.333 e. The van der Waals surface area contributed by atoms with Crippen LogP contribution in [0.15, 0.2) is 11.6 Å². The van der Waals surface area contributed by atoms with E-state index in [1.165, 1.54) is 7.11 Å². The summed E-state index contributed by atoms with van der Waals surface area (Å²) in [6.07, 6.45) is -9.69. The molecular weight excluding hydrogens is 840 g/mol. The molecule has 366 valence electrons. The summed E-state index contributed by atoms with van der Waals surface area (Å²) in [4.78, 5) is 26.0. The lowest BCUT2D eigenvalue weighted by Crippen LogP contribution is -2.62. The van der Waals surface area contributed by atoms with Gasteiger partial charge in [0.25, 0.3) is 0 Å². The van der Waals surface area contributed by atoms with Crippen LogP contribution >= 0.6 is 0 Å². The van der Waals surface area contributed by atoms with Gasteiger partial charge in [-0.15, -0.1) is 0 Å². The zero-order valence-corrected chi connectivity index (χ0v) is 38.7. The quantitative estimate of drug-likeness (QED) is 0.0774. The van der Waals surface area contributed by atoms with E-state index in [2.05, 4.69) is 0 Å². The van der Waals surface area contributed by atoms with Gasteiger partial charge in [0.05, 0.1) is 48.3 Å². The molecule has 3 heterocycles. The molecule has 7 N–H and O–H groups in total. The van der Waals surface area contributed by atoms with Crippen molar-refractivity contribution in [1.29, 1.82) is 0 Å². The van der Waals surface area contributed by atoms with Crippen molar-refractivity contribution in [2.45, 2.75) is 209 Å². The normalized spacial score (nSPS) is 52.3. The number of aliphatic hydroxyl groups excluding tert-OH is 5. The number of fused-ring (bicyclic) bond motifs is 5. The summed E-state index contributed by atoms with van der Waals surface area (Å²) in [5.74, 6) is -2.41. The fourth-order valence-electron chi connectivity index (χ4n) is 13.5. The van der Waals surface area contributed by atoms with E-state index in [1.54, 1.807) is 40.9 Å². The lowest BCUT2D eigenvalue weighted by Gasteiger charge is -2.56. The third-order valence-electron chi connectivity index (χ3n) is 17.4. The molecule has 0 amide bonds. The van der Waals surface area contributed by atoms with Gasteiger partial charge in [0.2, 0.25) is 0 Å². The molecule has 0 aromatic carbocycles. The standard InChI is InChI=1S/C46H74O18/c1-10-21(2)40(53)63-38-24(5)60-42(36(52)39(38)57-9)64-37-23(4)58-31(17-29(37)56-8)61-25-11-14-44(7)27-12-15-43(6)26(13-16-45(43,54)32(27)28(19-47)46(44,55)18-25)22(3)59-41-35(51)34(50)33(49)30(20-48)62-41/h10,19,22-39,41-42,48-52,54-55H,11-18,20H2,1-9H3/b21-10+/t22-,23+,24+,25-,26+,27-,28-,29-,30+,31-,32+,33-,34-,35+,36+,37+,38+,39+,41+,42-,43+,44+,45-,46-/m0/s1. The predicted octanol–water partition coefficient (Wildman–Crippen LogP) is 1.03. The van der Waals surface area contributed by atoms with Gasteiger partial charge in [0.15, 0.2) is 25.0 Å². The molecule has 0 bridgehead atoms. The Bertz CT molecular complexity index is 1680. The maximum atomic E-state index is 13.4. The lowest BCUT2D eigenvalue weighted by molar-refractivity contribution is -0.344. The number of rotatable bonds is 13. The fourth-order valence-corrected chi connectivity index (χ4v) is 13.5. The number of carbonyl (C=O) groups is 2. The second kappa shape index (κ2) is 19.0. The zero-order valence-electron chi connectivity index (χ0n) is 38.7. The number of aldehydes is 1. The van der Waals surface area contributed by atoms with E-state index in [-0.39, 0.29) is 24.7 Å². The molecule has 4 aliphatic carbocycles. The summed E-state index contributed by atoms with van der Waals surface area (Å²) in [5.41, 5.74) is -3.89. The molecule has 3 saturated heterocycles. The van der Waals surface area contributed by atoms with Crippen LogP contribution in [0, 0.1) is 34.5 Å². The van der Waals surface area contributed by atoms with Crippen molar-refractivity contribution in [3.63, 3.8) is 0 Å². The second-order valence-electron chi connectivity index (χ2n) is 20.3. The Morgan fingerprint density at radius 3 is 2.14 bits per heavy atom. The molecule has 24 atom stereocenters. The monoisotopic (exact) mass is 914 g/mol. The van der Waals surface area contributed by atoms with E-state index in [4.69, 9.17) is 42.6 Å². The van der Waals surface area contributed by atoms with Crippen molar-refractivity contribution in [3.8, 4) is 0 Å². The number of hydrogen-bond donors (Lipinski definition) is 7. The van der Waals surface area contributed by atoms with E-state index < -0.39 is 145 Å². The molecule has 7 aliphatic rings. The minimum absolute atomic E-state index is 0.149. The van der Waals surface area contributed by atoms with E-state index >= 15 is 0 Å². The summed E-state index contributed by atoms with van der Waals surface area (Å²) >= 11 is 0. The largest absolute Gasteiger partial charge is 0.453 e. The molecule has 7 rings (SSSR count). The van der Waals surface area contributed by atoms with Gasteiger partial charge < -0.3 is 83.2 Å². The maximum Gasteiger partial charge on any atom is 0.333 e. The number of hydrogen-bond acceptors (Lipinski definition) is 18. The van der Waals surface area contributed by atoms with Crippen LogP contribution in [0.1, 0.15) is 99.8 Å². The van der Waals surface area contributed by atoms with Crippen molar-refractivity contribution in [1.82, 2.24) is 0 Å². The molecule has 18 heteroatoms. The third-order valence-corrected chi connectivity index (χ3v) is 17.4. The summed E-state index contributed by atoms with van der Waals surface area (Å²) < 4.78 is 54.5. The van der Waals surface area contributed by atoms with Gasteiger partial charge in [0, 0.05) is 55.3 Å². The lowest BCUT2D eigenvalue weighted by atomic mass is 9.52. The average Bonchev–Trinajstić information content (AvgIpc) is 3.66. The highest BCUT2D eigenvalue weighted by Gasteiger charge is 2.77. The minimum atomic E-state index is -1.59. The maximum absolute atomic E-state index is 13.4. The zero-order chi connectivity index (χ0) is 46.8. The Morgan fingerprint density at radius 1 is 0.812 bits per heavy atom. The highest BCUT2D eigenvalue weighted by atomic mass is 16.7. The van der Waals surface area contributed by atoms with Gasteiger partial charge in [-0.05, 0) is 85.0 Å². The molecule has 4 saturated carbocycles. The first-order valence-electron chi connectivity index (χ1n) is 23.2. The number of carbonyl (C=O) groups excluding carboxylic acids is 2. The van der Waals surface area contributed by atoms with Gasteiger partial charge in [-0.3, -0.25) is 0 Å². The molecule has 18 nitrogen and oxygen atoms in total. The van der Waals surface area contributed by atoms with Crippen molar-refractivity contribution in [3.05, 3.63) is 11.6 Å². The van der Waals surface area contributed by atoms with Crippen molar-refractivity contribution in [2.75, 3.05) is 20.8 Å². The van der Waals surface area contributed by atoms with E-state index in [0.29, 0.717) is 44.1 Å². The SMILES string of the molecule is C/C=C(\C)C(=O)O[C@H]1[C@H](OC)[C@@H](O)[C@H](O[C@H]2[C@@H](OC)C[C@H](O[C@H]3CC[C@]4(C)[C@H]5CC[C@]6(C)[C@@H]([C@H](C)O[C@@H]7O[C@H](CO)[C@H](O)[C@H](O)[C@H]7O)CC[C@]6(O)[C@H]5[C@H](C=O)[C@@]4(O)C3)O[C@@H]2C)O[C@@H]1C. The van der Waals surface area contributed by atoms with Gasteiger partial charge in [-0.1, -0.05) is 19.9 Å². The average molecular weight is 915 g/mol. The van der Waals surface area contributed by atoms with Crippen LogP contribution in [0.2, 0.25) is 0 Å². The Hall–Kier alpha value is -1.72. The summed E-state index contributed by atoms with van der Waals surface area (Å²) in [6.45, 7) is 12.2. The summed E-state index contributed by atoms with van der Waals surface area (Å²) in [6, 6.07) is 0. The molecule has 3 aliphatic heterocycles. The highest BCUT2D eigenvalue weighted by Crippen LogP contribution is 2.74. The van der Waals surface area contributed by atoms with Crippen LogP contribution in [-0.2, 0) is 52.2 Å². The molecule has 7 fully saturated rings. The van der Waals surface area contributed by atoms with E-state index in [0.717, 1.165) is 6.29 Å². The fraction of sp³-hybridized carbons (Fsp3) is 0.913. The first-order chi connectivity index (χ1) is 30.2. The number of esters is 1. The Labute approximate surface area is 375 Å². The predicted molar refractivity (Wildman–Crippen MR) is 223 cm³/mol. The third kappa shape index (κ3) is 8.14. The van der Waals surface area contributed by atoms with Crippen LogP contribution in [0.3, 0.4) is 0 Å². The van der Waals surface area contributed by atoms with Gasteiger partial charge in [-0.2, -0.15) is 0 Å². The van der Waals surface area contributed by atoms with Gasteiger partial charge >= 0.3 is 5.97 Å². The topological polar surface area (TPSA) is 259 Å². The molecular formula is C46H74O18. The number of ether oxygens (including phenoxy) is 9. The highest BCUT2D eigenvalue weighted by molar-refractivity contribution is 5.87. The van der Waals surface area contributed by atoms with E-state index in [1.807, 2.05) is 20.8 Å². The van der Waals surface area contributed by atoms with Crippen LogP contribution in [-0.4, -0.2) is 178 Å². The molecule has 64 heavy (non-hydrogen) atoms. The second-order valence-corrected chi connectivity index (χ2v) is 20.3. The summed E-state index contributed by atoms with van der Waals surface area (Å²) in [5, 5.41) is 78.4. The molecule has 0 spiro atoms. The first-order valence-corrected chi connectivity index (χ1v) is 23.2. The summed E-state index contributed by atoms with van der Waals surface area (Å²) in [7, 11) is 2.96. The molecule has 0 unspecified atom stereocenters. The molecule has 0 aromatic rings. The van der Waals surface area contributed by atoms with Crippen LogP contribution in [0.25, 0.3) is 0 Å². The molecule has 0 radical (unpaired) electrons. The number of methoxy groups -OCH3 is 2. The van der Waals surface area contributed by atoms with Crippen LogP contribution < -0.4 is 0 Å². The van der Waals surface area contributed by atoms with Crippen LogP contribution in [0.4, 0.5) is 0 Å². The molecule has 0 aromatic heterocycles.